The number of hydrogen-bond acceptors (Lipinski definition) is 2. The van der Waals surface area contributed by atoms with Crippen LogP contribution < -0.4 is 0 Å². The smallest absolute Gasteiger partial charge is 0.174 e. The van der Waals surface area contributed by atoms with Crippen LogP contribution >= 0.6 is 0 Å². The fourth-order valence-corrected chi connectivity index (χ4v) is 1.73. The van der Waals surface area contributed by atoms with Gasteiger partial charge in [0, 0.05) is 10.9 Å². The molecule has 0 atom stereocenters. The molecule has 0 aliphatic carbocycles. The van der Waals surface area contributed by atoms with Gasteiger partial charge < -0.3 is 4.52 Å². The molecular formula is C13H8FNO. The molecule has 3 rings (SSSR count). The summed E-state index contributed by atoms with van der Waals surface area (Å²) in [5.74, 6) is 0.327. The van der Waals surface area contributed by atoms with Crippen LogP contribution in [0.4, 0.5) is 4.39 Å². The number of nitrogens with zero attached hydrogens (tertiary/aromatic N) is 1. The highest BCUT2D eigenvalue weighted by Gasteiger charge is 2.09. The van der Waals surface area contributed by atoms with Gasteiger partial charge in [-0.1, -0.05) is 29.4 Å². The van der Waals surface area contributed by atoms with E-state index in [4.69, 9.17) is 4.52 Å². The molecule has 3 aromatic rings. The molecule has 78 valence electrons. The van der Waals surface area contributed by atoms with Crippen molar-refractivity contribution in [3.8, 4) is 11.3 Å². The van der Waals surface area contributed by atoms with Crippen molar-refractivity contribution in [3.05, 3.63) is 54.3 Å². The predicted molar refractivity (Wildman–Crippen MR) is 59.4 cm³/mol. The molecule has 0 unspecified atom stereocenters. The Bertz CT molecular complexity index is 645. The summed E-state index contributed by atoms with van der Waals surface area (Å²) in [6.07, 6.45) is 0. The Morgan fingerprint density at radius 3 is 2.75 bits per heavy atom. The van der Waals surface area contributed by atoms with E-state index in [1.165, 1.54) is 12.1 Å². The Morgan fingerprint density at radius 2 is 1.88 bits per heavy atom. The van der Waals surface area contributed by atoms with E-state index in [0.29, 0.717) is 11.3 Å². The molecule has 2 aromatic carbocycles. The molecule has 0 aliphatic rings. The maximum absolute atomic E-state index is 13.1. The minimum Gasteiger partial charge on any atom is -0.355 e. The third-order valence-corrected chi connectivity index (χ3v) is 2.47. The maximum atomic E-state index is 13.1. The van der Waals surface area contributed by atoms with Gasteiger partial charge >= 0.3 is 0 Å². The highest BCUT2D eigenvalue weighted by atomic mass is 19.1. The van der Waals surface area contributed by atoms with E-state index in [2.05, 4.69) is 5.16 Å². The molecule has 3 heteroatoms. The van der Waals surface area contributed by atoms with Gasteiger partial charge in [0.15, 0.2) is 5.76 Å². The quantitative estimate of drug-likeness (QED) is 0.616. The van der Waals surface area contributed by atoms with E-state index in [-0.39, 0.29) is 5.82 Å². The summed E-state index contributed by atoms with van der Waals surface area (Å²) in [5, 5.41) is 4.82. The summed E-state index contributed by atoms with van der Waals surface area (Å²) in [6.45, 7) is 0. The number of aromatic nitrogens is 1. The highest BCUT2D eigenvalue weighted by Crippen LogP contribution is 2.28. The predicted octanol–water partition coefficient (Wildman–Crippen LogP) is 3.63. The standard InChI is InChI=1S/C13H8FNO/c14-10-5-3-4-9(8-10)13-11-6-1-2-7-12(11)15-16-13/h1-8H. The van der Waals surface area contributed by atoms with Crippen LogP contribution in [0.5, 0.6) is 0 Å². The van der Waals surface area contributed by atoms with Crippen LogP contribution in [0.15, 0.2) is 53.1 Å². The molecule has 0 spiro atoms. The summed E-state index contributed by atoms with van der Waals surface area (Å²) in [7, 11) is 0. The molecule has 0 aliphatic heterocycles. The van der Waals surface area contributed by atoms with E-state index < -0.39 is 0 Å². The summed E-state index contributed by atoms with van der Waals surface area (Å²) < 4.78 is 18.3. The Hall–Kier alpha value is -2.16. The lowest BCUT2D eigenvalue weighted by molar-refractivity contribution is 0.440. The minimum absolute atomic E-state index is 0.280. The van der Waals surface area contributed by atoms with Gasteiger partial charge in [0.05, 0.1) is 0 Å². The largest absolute Gasteiger partial charge is 0.355 e. The molecule has 1 aromatic heterocycles. The number of fused-ring (bicyclic) bond motifs is 1. The van der Waals surface area contributed by atoms with Crippen molar-refractivity contribution in [2.75, 3.05) is 0 Å². The van der Waals surface area contributed by atoms with Crippen LogP contribution in [-0.4, -0.2) is 5.16 Å². The van der Waals surface area contributed by atoms with Crippen LogP contribution in [-0.2, 0) is 0 Å². The molecule has 0 radical (unpaired) electrons. The number of hydrogen-bond donors (Lipinski definition) is 0. The van der Waals surface area contributed by atoms with E-state index in [0.717, 1.165) is 10.9 Å². The fourth-order valence-electron chi connectivity index (χ4n) is 1.73. The Balaban J connectivity index is 2.26. The van der Waals surface area contributed by atoms with Gasteiger partial charge in [-0.25, -0.2) is 4.39 Å². The van der Waals surface area contributed by atoms with Crippen LogP contribution in [0.25, 0.3) is 22.2 Å². The van der Waals surface area contributed by atoms with Crippen molar-refractivity contribution >= 4 is 10.9 Å². The zero-order valence-corrected chi connectivity index (χ0v) is 8.35. The van der Waals surface area contributed by atoms with Gasteiger partial charge in [-0.3, -0.25) is 0 Å². The highest BCUT2D eigenvalue weighted by molar-refractivity contribution is 5.91. The van der Waals surface area contributed by atoms with E-state index in [1.807, 2.05) is 24.3 Å². The van der Waals surface area contributed by atoms with Crippen molar-refractivity contribution in [2.24, 2.45) is 0 Å². The summed E-state index contributed by atoms with van der Waals surface area (Å²) in [5.41, 5.74) is 1.48. The Kier molecular flexibility index (Phi) is 1.96. The number of halogens is 1. The average molecular weight is 213 g/mol. The van der Waals surface area contributed by atoms with Crippen molar-refractivity contribution in [3.63, 3.8) is 0 Å². The van der Waals surface area contributed by atoms with Crippen molar-refractivity contribution in [1.82, 2.24) is 5.16 Å². The minimum atomic E-state index is -0.280. The van der Waals surface area contributed by atoms with Crippen LogP contribution in [0.3, 0.4) is 0 Å². The number of benzene rings is 2. The number of rotatable bonds is 1. The molecule has 16 heavy (non-hydrogen) atoms. The molecular weight excluding hydrogens is 205 g/mol. The molecule has 0 N–H and O–H groups in total. The summed E-state index contributed by atoms with van der Waals surface area (Å²) in [4.78, 5) is 0. The zero-order valence-electron chi connectivity index (χ0n) is 8.35. The Morgan fingerprint density at radius 1 is 1.00 bits per heavy atom. The first kappa shape index (κ1) is 9.09. The lowest BCUT2D eigenvalue weighted by Crippen LogP contribution is -1.77. The normalized spacial score (nSPS) is 10.8. The first-order chi connectivity index (χ1) is 7.84. The van der Waals surface area contributed by atoms with Crippen LogP contribution in [0, 0.1) is 5.82 Å². The van der Waals surface area contributed by atoms with Crippen molar-refractivity contribution in [1.29, 1.82) is 0 Å². The first-order valence-electron chi connectivity index (χ1n) is 4.95. The van der Waals surface area contributed by atoms with Gasteiger partial charge in [0.2, 0.25) is 0 Å². The fraction of sp³-hybridized carbons (Fsp3) is 0. The third kappa shape index (κ3) is 1.37. The molecule has 0 bridgehead atoms. The second kappa shape index (κ2) is 3.45. The zero-order chi connectivity index (χ0) is 11.0. The van der Waals surface area contributed by atoms with E-state index in [9.17, 15) is 4.39 Å². The van der Waals surface area contributed by atoms with E-state index in [1.54, 1.807) is 12.1 Å². The maximum Gasteiger partial charge on any atom is 0.174 e. The van der Waals surface area contributed by atoms with Gasteiger partial charge in [0.1, 0.15) is 11.3 Å². The van der Waals surface area contributed by atoms with Gasteiger partial charge in [0.25, 0.3) is 0 Å². The van der Waals surface area contributed by atoms with Crippen LogP contribution in [0.2, 0.25) is 0 Å². The molecule has 2 nitrogen and oxygen atoms in total. The third-order valence-electron chi connectivity index (χ3n) is 2.47. The van der Waals surface area contributed by atoms with E-state index >= 15 is 0 Å². The van der Waals surface area contributed by atoms with Gasteiger partial charge in [-0.15, -0.1) is 0 Å². The van der Waals surface area contributed by atoms with Crippen molar-refractivity contribution < 1.29 is 8.91 Å². The molecule has 0 saturated carbocycles. The monoisotopic (exact) mass is 213 g/mol. The molecule has 1 heterocycles. The molecule has 0 fully saturated rings. The molecule has 0 saturated heterocycles. The SMILES string of the molecule is Fc1cccc(-c2onc3ccccc23)c1. The summed E-state index contributed by atoms with van der Waals surface area (Å²) >= 11 is 0. The topological polar surface area (TPSA) is 26.0 Å². The molecule has 0 amide bonds. The second-order valence-corrected chi connectivity index (χ2v) is 3.54. The lowest BCUT2D eigenvalue weighted by Gasteiger charge is -1.96. The van der Waals surface area contributed by atoms with Gasteiger partial charge in [-0.05, 0) is 24.3 Å². The Labute approximate surface area is 91.3 Å². The second-order valence-electron chi connectivity index (χ2n) is 3.54. The lowest BCUT2D eigenvalue weighted by atomic mass is 10.1. The average Bonchev–Trinajstić information content (AvgIpc) is 2.72. The summed E-state index contributed by atoms with van der Waals surface area (Å²) in [6, 6.07) is 13.9. The first-order valence-corrected chi connectivity index (χ1v) is 4.95. The van der Waals surface area contributed by atoms with Crippen molar-refractivity contribution in [2.45, 2.75) is 0 Å². The van der Waals surface area contributed by atoms with Gasteiger partial charge in [-0.2, -0.15) is 0 Å². The van der Waals surface area contributed by atoms with Crippen LogP contribution in [0.1, 0.15) is 0 Å².